The molecule has 0 unspecified atom stereocenters. The van der Waals surface area contributed by atoms with Gasteiger partial charge in [0.2, 0.25) is 0 Å². The average Bonchev–Trinajstić information content (AvgIpc) is 2.18. The van der Waals surface area contributed by atoms with Crippen molar-refractivity contribution in [2.75, 3.05) is 19.8 Å². The minimum absolute atomic E-state index is 0. The van der Waals surface area contributed by atoms with Gasteiger partial charge in [-0.05, 0) is 0 Å². The van der Waals surface area contributed by atoms with Crippen molar-refractivity contribution in [3.63, 3.8) is 0 Å². The van der Waals surface area contributed by atoms with E-state index in [1.807, 2.05) is 20.8 Å². The number of hydrogen-bond donors (Lipinski definition) is 0. The molecule has 0 aromatic rings. The van der Waals surface area contributed by atoms with Crippen molar-refractivity contribution in [1.29, 1.82) is 0 Å². The molecule has 0 saturated carbocycles. The van der Waals surface area contributed by atoms with Gasteiger partial charge < -0.3 is 15.3 Å². The Morgan fingerprint density at radius 3 is 0.692 bits per heavy atom. The van der Waals surface area contributed by atoms with E-state index >= 15 is 0 Å². The third-order valence-corrected chi connectivity index (χ3v) is 0.612. The topological polar surface area (TPSA) is 69.2 Å². The predicted molar refractivity (Wildman–Crippen MR) is 45.5 cm³/mol. The van der Waals surface area contributed by atoms with Crippen LogP contribution >= 0.6 is 0 Å². The SMILES string of the molecule is CCC[O-].CCC[O-].CCC[O-].[Ce+3]. The zero-order chi connectivity index (χ0) is 10.2. The Morgan fingerprint density at radius 2 is 0.692 bits per heavy atom. The maximum absolute atomic E-state index is 9.30. The fourth-order valence-electron chi connectivity index (χ4n) is 0. The minimum atomic E-state index is 0. The first-order chi connectivity index (χ1) is 5.74. The second-order valence-corrected chi connectivity index (χ2v) is 2.11. The molecule has 0 fully saturated rings. The molecule has 0 aliphatic rings. The van der Waals surface area contributed by atoms with Gasteiger partial charge in [0.25, 0.3) is 0 Å². The van der Waals surface area contributed by atoms with Crippen LogP contribution in [0.4, 0.5) is 0 Å². The van der Waals surface area contributed by atoms with Crippen molar-refractivity contribution < 1.29 is 57.1 Å². The Bertz CT molecular complexity index is 30.3. The summed E-state index contributed by atoms with van der Waals surface area (Å²) in [5.41, 5.74) is 0. The van der Waals surface area contributed by atoms with Crippen molar-refractivity contribution in [2.24, 2.45) is 0 Å². The molecular formula is C9H21CeO3. The quantitative estimate of drug-likeness (QED) is 0.689. The summed E-state index contributed by atoms with van der Waals surface area (Å²) in [5.74, 6) is 0. The molecule has 0 aromatic carbocycles. The van der Waals surface area contributed by atoms with Crippen LogP contribution in [0.5, 0.6) is 0 Å². The summed E-state index contributed by atoms with van der Waals surface area (Å²) in [6.07, 6.45) is 2.29. The molecule has 0 spiro atoms. The maximum Gasteiger partial charge on any atom is 3.00 e. The average molecular weight is 317 g/mol. The van der Waals surface area contributed by atoms with Crippen molar-refractivity contribution in [1.82, 2.24) is 0 Å². The van der Waals surface area contributed by atoms with E-state index in [0.717, 1.165) is 19.3 Å². The molecule has 0 rings (SSSR count). The summed E-state index contributed by atoms with van der Waals surface area (Å²) in [7, 11) is 0. The van der Waals surface area contributed by atoms with Crippen molar-refractivity contribution in [3.8, 4) is 0 Å². The Labute approximate surface area is 116 Å². The third-order valence-electron chi connectivity index (χ3n) is 0.612. The van der Waals surface area contributed by atoms with Crippen LogP contribution < -0.4 is 15.3 Å². The summed E-state index contributed by atoms with van der Waals surface area (Å²) >= 11 is 0. The van der Waals surface area contributed by atoms with E-state index in [2.05, 4.69) is 0 Å². The molecule has 3 nitrogen and oxygen atoms in total. The normalized spacial score (nSPS) is 6.92. The first-order valence-electron chi connectivity index (χ1n) is 4.49. The van der Waals surface area contributed by atoms with Crippen LogP contribution in [0.1, 0.15) is 40.0 Å². The molecule has 0 aliphatic heterocycles. The maximum atomic E-state index is 9.30. The van der Waals surface area contributed by atoms with Crippen LogP contribution in [0.15, 0.2) is 0 Å². The van der Waals surface area contributed by atoms with Gasteiger partial charge in [0.05, 0.1) is 0 Å². The third kappa shape index (κ3) is 92.7. The summed E-state index contributed by atoms with van der Waals surface area (Å²) in [6.45, 7) is 5.81. The Kier molecular flexibility index (Phi) is 69.3. The van der Waals surface area contributed by atoms with Crippen LogP contribution in [0, 0.1) is 41.7 Å². The van der Waals surface area contributed by atoms with Gasteiger partial charge in [0.15, 0.2) is 0 Å². The summed E-state index contributed by atoms with van der Waals surface area (Å²) in [4.78, 5) is 0. The van der Waals surface area contributed by atoms with Gasteiger partial charge in [-0.2, -0.15) is 0 Å². The van der Waals surface area contributed by atoms with Crippen LogP contribution in [-0.2, 0) is 0 Å². The molecule has 0 heterocycles. The van der Waals surface area contributed by atoms with Gasteiger partial charge in [-0.25, -0.2) is 0 Å². The molecule has 0 saturated heterocycles. The van der Waals surface area contributed by atoms with E-state index in [1.165, 1.54) is 0 Å². The number of rotatable bonds is 3. The molecule has 0 atom stereocenters. The Hall–Kier alpha value is 1.26. The molecule has 13 heavy (non-hydrogen) atoms. The molecular weight excluding hydrogens is 296 g/mol. The molecule has 0 aromatic heterocycles. The molecule has 0 amide bonds. The van der Waals surface area contributed by atoms with Crippen LogP contribution in [0.2, 0.25) is 0 Å². The van der Waals surface area contributed by atoms with Crippen LogP contribution in [0.3, 0.4) is 0 Å². The predicted octanol–water partition coefficient (Wildman–Crippen LogP) is -0.730. The molecule has 4 heteroatoms. The van der Waals surface area contributed by atoms with Gasteiger partial charge in [-0.15, -0.1) is 19.8 Å². The first kappa shape index (κ1) is 23.8. The fraction of sp³-hybridized carbons (Fsp3) is 1.00. The van der Waals surface area contributed by atoms with Crippen molar-refractivity contribution >= 4 is 0 Å². The van der Waals surface area contributed by atoms with Gasteiger partial charge in [-0.1, -0.05) is 40.0 Å². The van der Waals surface area contributed by atoms with Gasteiger partial charge in [0.1, 0.15) is 0 Å². The van der Waals surface area contributed by atoms with Crippen LogP contribution in [-0.4, -0.2) is 19.8 Å². The van der Waals surface area contributed by atoms with Gasteiger partial charge in [-0.3, -0.25) is 0 Å². The van der Waals surface area contributed by atoms with E-state index in [0.29, 0.717) is 0 Å². The molecule has 79 valence electrons. The summed E-state index contributed by atoms with van der Waals surface area (Å²) in [5, 5.41) is 27.9. The molecule has 0 aliphatic carbocycles. The van der Waals surface area contributed by atoms with Crippen molar-refractivity contribution in [3.05, 3.63) is 0 Å². The van der Waals surface area contributed by atoms with Gasteiger partial charge in [0, 0.05) is 0 Å². The van der Waals surface area contributed by atoms with E-state index in [-0.39, 0.29) is 61.6 Å². The van der Waals surface area contributed by atoms with Crippen LogP contribution in [0.25, 0.3) is 0 Å². The van der Waals surface area contributed by atoms with E-state index in [9.17, 15) is 15.3 Å². The second kappa shape index (κ2) is 37.8. The second-order valence-electron chi connectivity index (χ2n) is 2.11. The van der Waals surface area contributed by atoms with Crippen molar-refractivity contribution in [2.45, 2.75) is 40.0 Å². The van der Waals surface area contributed by atoms with E-state index in [1.54, 1.807) is 0 Å². The fourth-order valence-corrected chi connectivity index (χ4v) is 0. The van der Waals surface area contributed by atoms with E-state index in [4.69, 9.17) is 0 Å². The zero-order valence-corrected chi connectivity index (χ0v) is 12.1. The molecule has 1 radical (unpaired) electrons. The minimum Gasteiger partial charge on any atom is -0.854 e. The zero-order valence-electron chi connectivity index (χ0n) is 8.97. The monoisotopic (exact) mass is 317 g/mol. The standard InChI is InChI=1S/3C3H7O.Ce/c3*1-2-3-4;/h3*2-3H2,1H3;/q3*-1;+3. The number of hydrogen-bond acceptors (Lipinski definition) is 3. The molecule has 0 N–H and O–H groups in total. The van der Waals surface area contributed by atoms with Gasteiger partial charge >= 0.3 is 41.7 Å². The van der Waals surface area contributed by atoms with E-state index < -0.39 is 0 Å². The summed E-state index contributed by atoms with van der Waals surface area (Å²) in [6, 6.07) is 0. The Balaban J connectivity index is -0.0000000450. The smallest absolute Gasteiger partial charge is 0.854 e. The largest absolute Gasteiger partial charge is 3.00 e. The Morgan fingerprint density at radius 1 is 0.615 bits per heavy atom. The molecule has 0 bridgehead atoms. The first-order valence-corrected chi connectivity index (χ1v) is 4.49. The summed E-state index contributed by atoms with van der Waals surface area (Å²) < 4.78 is 0.